The molecule has 0 aliphatic carbocycles. The average molecular weight is 422 g/mol. The SMILES string of the molecule is CC(C)(C)c1nnsc1C(=O)Nc1ccc(I)cc1Cl. The fourth-order valence-corrected chi connectivity index (χ4v) is 3.27. The Kier molecular flexibility index (Phi) is 4.66. The number of anilines is 1. The van der Waals surface area contributed by atoms with Crippen LogP contribution in [0.5, 0.6) is 0 Å². The van der Waals surface area contributed by atoms with E-state index in [2.05, 4.69) is 37.5 Å². The molecule has 1 aromatic heterocycles. The number of hydrogen-bond donors (Lipinski definition) is 1. The second-order valence-electron chi connectivity index (χ2n) is 5.28. The molecule has 0 saturated heterocycles. The van der Waals surface area contributed by atoms with Crippen molar-refractivity contribution in [1.29, 1.82) is 0 Å². The van der Waals surface area contributed by atoms with Crippen molar-refractivity contribution in [2.75, 3.05) is 5.32 Å². The molecule has 0 fully saturated rings. The largest absolute Gasteiger partial charge is 0.320 e. The van der Waals surface area contributed by atoms with Crippen molar-refractivity contribution < 1.29 is 4.79 Å². The summed E-state index contributed by atoms with van der Waals surface area (Å²) in [7, 11) is 0. The second kappa shape index (κ2) is 5.95. The van der Waals surface area contributed by atoms with E-state index in [0.29, 0.717) is 21.3 Å². The van der Waals surface area contributed by atoms with Gasteiger partial charge in [0, 0.05) is 8.99 Å². The van der Waals surface area contributed by atoms with E-state index in [1.165, 1.54) is 0 Å². The van der Waals surface area contributed by atoms with Crippen LogP contribution in [0.15, 0.2) is 18.2 Å². The molecule has 2 aromatic rings. The van der Waals surface area contributed by atoms with E-state index < -0.39 is 0 Å². The topological polar surface area (TPSA) is 54.9 Å². The molecule has 1 N–H and O–H groups in total. The maximum absolute atomic E-state index is 12.3. The Hall–Kier alpha value is -0.730. The van der Waals surface area contributed by atoms with E-state index in [9.17, 15) is 4.79 Å². The lowest BCUT2D eigenvalue weighted by Crippen LogP contribution is -2.20. The number of halogens is 2. The molecule has 106 valence electrons. The minimum atomic E-state index is -0.229. The first-order chi connectivity index (χ1) is 9.29. The van der Waals surface area contributed by atoms with Crippen LogP contribution in [0.3, 0.4) is 0 Å². The average Bonchev–Trinajstić information content (AvgIpc) is 2.81. The summed E-state index contributed by atoms with van der Waals surface area (Å²) in [6.07, 6.45) is 0. The Morgan fingerprint density at radius 2 is 2.10 bits per heavy atom. The highest BCUT2D eigenvalue weighted by Crippen LogP contribution is 2.28. The highest BCUT2D eigenvalue weighted by Gasteiger charge is 2.26. The number of hydrogen-bond acceptors (Lipinski definition) is 4. The zero-order chi connectivity index (χ0) is 14.9. The Labute approximate surface area is 140 Å². The molecule has 0 unspecified atom stereocenters. The van der Waals surface area contributed by atoms with E-state index in [1.54, 1.807) is 12.1 Å². The lowest BCUT2D eigenvalue weighted by atomic mass is 9.91. The monoisotopic (exact) mass is 421 g/mol. The van der Waals surface area contributed by atoms with Gasteiger partial charge in [0.2, 0.25) is 0 Å². The van der Waals surface area contributed by atoms with Crippen molar-refractivity contribution in [1.82, 2.24) is 9.59 Å². The maximum atomic E-state index is 12.3. The van der Waals surface area contributed by atoms with Gasteiger partial charge in [-0.3, -0.25) is 4.79 Å². The van der Waals surface area contributed by atoms with Gasteiger partial charge in [-0.1, -0.05) is 36.9 Å². The van der Waals surface area contributed by atoms with Gasteiger partial charge in [0.1, 0.15) is 4.88 Å². The molecule has 7 heteroatoms. The molecule has 1 aromatic carbocycles. The third kappa shape index (κ3) is 3.48. The van der Waals surface area contributed by atoms with Crippen molar-refractivity contribution in [3.8, 4) is 0 Å². The molecule has 0 radical (unpaired) electrons. The summed E-state index contributed by atoms with van der Waals surface area (Å²) in [5.74, 6) is -0.229. The summed E-state index contributed by atoms with van der Waals surface area (Å²) in [5, 5.41) is 7.38. The van der Waals surface area contributed by atoms with Crippen molar-refractivity contribution >= 4 is 57.3 Å². The predicted molar refractivity (Wildman–Crippen MR) is 90.7 cm³/mol. The molecule has 20 heavy (non-hydrogen) atoms. The van der Waals surface area contributed by atoms with Crippen molar-refractivity contribution in [3.05, 3.63) is 37.4 Å². The van der Waals surface area contributed by atoms with E-state index in [4.69, 9.17) is 11.6 Å². The predicted octanol–water partition coefficient (Wildman–Crippen LogP) is 4.35. The van der Waals surface area contributed by atoms with E-state index >= 15 is 0 Å². The Bertz CT molecular complexity index is 651. The summed E-state index contributed by atoms with van der Waals surface area (Å²) in [6, 6.07) is 5.47. The first-order valence-electron chi connectivity index (χ1n) is 5.88. The van der Waals surface area contributed by atoms with Crippen molar-refractivity contribution in [3.63, 3.8) is 0 Å². The van der Waals surface area contributed by atoms with Gasteiger partial charge in [-0.2, -0.15) is 0 Å². The van der Waals surface area contributed by atoms with Crippen LogP contribution < -0.4 is 5.32 Å². The van der Waals surface area contributed by atoms with Crippen LogP contribution in [0.4, 0.5) is 5.69 Å². The lowest BCUT2D eigenvalue weighted by molar-refractivity contribution is 0.102. The van der Waals surface area contributed by atoms with Crippen LogP contribution in [-0.2, 0) is 5.41 Å². The van der Waals surface area contributed by atoms with Gasteiger partial charge in [0.15, 0.2) is 0 Å². The van der Waals surface area contributed by atoms with Gasteiger partial charge < -0.3 is 5.32 Å². The first kappa shape index (κ1) is 15.7. The Balaban J connectivity index is 2.27. The molecule has 0 aliphatic rings. The summed E-state index contributed by atoms with van der Waals surface area (Å²) >= 11 is 9.38. The molecule has 1 heterocycles. The first-order valence-corrected chi connectivity index (χ1v) is 8.11. The Morgan fingerprint density at radius 3 is 2.70 bits per heavy atom. The smallest absolute Gasteiger partial charge is 0.269 e. The highest BCUT2D eigenvalue weighted by molar-refractivity contribution is 14.1. The number of carbonyl (C=O) groups excluding carboxylic acids is 1. The minimum Gasteiger partial charge on any atom is -0.320 e. The second-order valence-corrected chi connectivity index (χ2v) is 7.69. The number of nitrogens with one attached hydrogen (secondary N) is 1. The van der Waals surface area contributed by atoms with Gasteiger partial charge in [-0.25, -0.2) is 0 Å². The number of nitrogens with zero attached hydrogens (tertiary/aromatic N) is 2. The zero-order valence-electron chi connectivity index (χ0n) is 11.2. The van der Waals surface area contributed by atoms with Crippen LogP contribution in [0, 0.1) is 3.57 Å². The van der Waals surface area contributed by atoms with E-state index in [0.717, 1.165) is 15.1 Å². The number of rotatable bonds is 2. The van der Waals surface area contributed by atoms with Crippen LogP contribution in [0.1, 0.15) is 36.1 Å². The van der Waals surface area contributed by atoms with Gasteiger partial charge in [-0.05, 0) is 52.3 Å². The maximum Gasteiger partial charge on any atom is 0.269 e. The van der Waals surface area contributed by atoms with E-state index in [1.807, 2.05) is 26.8 Å². The Morgan fingerprint density at radius 1 is 1.40 bits per heavy atom. The molecule has 0 spiro atoms. The fraction of sp³-hybridized carbons (Fsp3) is 0.308. The molecule has 1 amide bonds. The molecule has 4 nitrogen and oxygen atoms in total. The van der Waals surface area contributed by atoms with Crippen molar-refractivity contribution in [2.45, 2.75) is 26.2 Å². The number of carbonyl (C=O) groups is 1. The lowest BCUT2D eigenvalue weighted by Gasteiger charge is -2.16. The number of amides is 1. The molecule has 0 aliphatic heterocycles. The van der Waals surface area contributed by atoms with Gasteiger partial charge in [0.25, 0.3) is 5.91 Å². The third-order valence-corrected chi connectivity index (χ3v) is 4.29. The van der Waals surface area contributed by atoms with Crippen LogP contribution in [-0.4, -0.2) is 15.5 Å². The van der Waals surface area contributed by atoms with Gasteiger partial charge >= 0.3 is 0 Å². The normalized spacial score (nSPS) is 11.4. The fourth-order valence-electron chi connectivity index (χ4n) is 1.60. The molecular formula is C13H13ClIN3OS. The summed E-state index contributed by atoms with van der Waals surface area (Å²) in [5.41, 5.74) is 1.06. The summed E-state index contributed by atoms with van der Waals surface area (Å²) in [6.45, 7) is 6.00. The highest BCUT2D eigenvalue weighted by atomic mass is 127. The minimum absolute atomic E-state index is 0.227. The molecule has 2 rings (SSSR count). The van der Waals surface area contributed by atoms with Gasteiger partial charge in [0.05, 0.1) is 16.4 Å². The molecule has 0 saturated carbocycles. The van der Waals surface area contributed by atoms with Crippen LogP contribution >= 0.6 is 45.7 Å². The molecule has 0 atom stereocenters. The quantitative estimate of drug-likeness (QED) is 0.734. The van der Waals surface area contributed by atoms with Gasteiger partial charge in [-0.15, -0.1) is 5.10 Å². The zero-order valence-corrected chi connectivity index (χ0v) is 14.9. The van der Waals surface area contributed by atoms with E-state index in [-0.39, 0.29) is 11.3 Å². The molecular weight excluding hydrogens is 409 g/mol. The third-order valence-electron chi connectivity index (χ3n) is 2.58. The standard InChI is InChI=1S/C13H13ClIN3OS/c1-13(2,3)11-10(20-18-17-11)12(19)16-9-5-4-7(15)6-8(9)14/h4-6H,1-3H3,(H,16,19). The molecule has 0 bridgehead atoms. The summed E-state index contributed by atoms with van der Waals surface area (Å²) in [4.78, 5) is 12.9. The van der Waals surface area contributed by atoms with Crippen molar-refractivity contribution in [2.24, 2.45) is 0 Å². The van der Waals surface area contributed by atoms with Crippen LogP contribution in [0.2, 0.25) is 5.02 Å². The summed E-state index contributed by atoms with van der Waals surface area (Å²) < 4.78 is 4.90. The van der Waals surface area contributed by atoms with Crippen LogP contribution in [0.25, 0.3) is 0 Å². The number of aromatic nitrogens is 2. The number of benzene rings is 1.